The van der Waals surface area contributed by atoms with Gasteiger partial charge in [0.25, 0.3) is 0 Å². The minimum Gasteiger partial charge on any atom is -0.0616 e. The van der Waals surface area contributed by atoms with Crippen molar-refractivity contribution in [3.05, 3.63) is 83.9 Å². The maximum Gasteiger partial charge on any atom is -0.0125 e. The molecule has 4 aromatic carbocycles. The molecule has 0 unspecified atom stereocenters. The molecule has 0 aromatic heterocycles. The van der Waals surface area contributed by atoms with Crippen molar-refractivity contribution in [2.24, 2.45) is 0 Å². The minimum absolute atomic E-state index is 0.106. The molecule has 0 heterocycles. The molecule has 0 N–H and O–H groups in total. The fourth-order valence-corrected chi connectivity index (χ4v) is 6.79. The molecule has 154 valence electrons. The van der Waals surface area contributed by atoms with Crippen LogP contribution in [0.1, 0.15) is 52.7 Å². The second-order valence-electron chi connectivity index (χ2n) is 10.5. The van der Waals surface area contributed by atoms with Gasteiger partial charge in [-0.15, -0.1) is 0 Å². The maximum absolute atomic E-state index is 2.46. The van der Waals surface area contributed by atoms with E-state index in [1.54, 1.807) is 0 Å². The van der Waals surface area contributed by atoms with Gasteiger partial charge in [-0.2, -0.15) is 0 Å². The van der Waals surface area contributed by atoms with Crippen molar-refractivity contribution in [3.63, 3.8) is 0 Å². The summed E-state index contributed by atoms with van der Waals surface area (Å²) in [6.45, 7) is 16.5. The maximum atomic E-state index is 2.46. The summed E-state index contributed by atoms with van der Waals surface area (Å²) in [6.07, 6.45) is 0. The highest BCUT2D eigenvalue weighted by Crippen LogP contribution is 2.40. The Labute approximate surface area is 183 Å². The number of hydrogen-bond acceptors (Lipinski definition) is 0. The van der Waals surface area contributed by atoms with Crippen LogP contribution < -0.4 is 10.6 Å². The van der Waals surface area contributed by atoms with Gasteiger partial charge in [0.1, 0.15) is 0 Å². The van der Waals surface area contributed by atoms with E-state index in [4.69, 9.17) is 0 Å². The van der Waals surface area contributed by atoms with Gasteiger partial charge in [0.15, 0.2) is 0 Å². The van der Waals surface area contributed by atoms with E-state index in [2.05, 4.69) is 121 Å². The molecule has 0 saturated carbocycles. The molecule has 1 heteroatoms. The molecular weight excluding hydrogens is 379 g/mol. The van der Waals surface area contributed by atoms with Crippen molar-refractivity contribution in [2.75, 3.05) is 6.66 Å². The quantitative estimate of drug-likeness (QED) is 0.297. The van der Waals surface area contributed by atoms with Crippen LogP contribution in [0.2, 0.25) is 0 Å². The first kappa shape index (κ1) is 21.1. The molecule has 0 aliphatic rings. The molecule has 0 aliphatic heterocycles. The predicted molar refractivity (Wildman–Crippen MR) is 137 cm³/mol. The van der Waals surface area contributed by atoms with Gasteiger partial charge in [0.05, 0.1) is 0 Å². The molecule has 0 spiro atoms. The van der Waals surface area contributed by atoms with Crippen LogP contribution in [0.5, 0.6) is 0 Å². The molecule has 0 bridgehead atoms. The zero-order valence-electron chi connectivity index (χ0n) is 19.4. The first-order valence-electron chi connectivity index (χ1n) is 10.9. The Morgan fingerprint density at radius 2 is 0.800 bits per heavy atom. The van der Waals surface area contributed by atoms with Crippen molar-refractivity contribution in [2.45, 2.75) is 52.4 Å². The zero-order chi connectivity index (χ0) is 21.7. The van der Waals surface area contributed by atoms with Crippen molar-refractivity contribution in [1.82, 2.24) is 0 Å². The Morgan fingerprint density at radius 3 is 1.10 bits per heavy atom. The van der Waals surface area contributed by atoms with Crippen LogP contribution in [-0.2, 0) is 10.8 Å². The van der Waals surface area contributed by atoms with Crippen LogP contribution in [0, 0.1) is 0 Å². The van der Waals surface area contributed by atoms with Crippen molar-refractivity contribution >= 4 is 40.1 Å². The summed E-state index contributed by atoms with van der Waals surface area (Å²) >= 11 is 0. The third kappa shape index (κ3) is 3.91. The minimum atomic E-state index is -0.487. The molecule has 0 aliphatic carbocycles. The summed E-state index contributed by atoms with van der Waals surface area (Å²) in [5, 5.41) is 8.38. The molecule has 0 fully saturated rings. The highest BCUT2D eigenvalue weighted by molar-refractivity contribution is 7.72. The lowest BCUT2D eigenvalue weighted by atomic mass is 9.85. The Bertz CT molecular complexity index is 1120. The lowest BCUT2D eigenvalue weighted by molar-refractivity contribution is 0.594. The van der Waals surface area contributed by atoms with Crippen molar-refractivity contribution in [1.29, 1.82) is 0 Å². The molecule has 0 radical (unpaired) electrons. The standard InChI is InChI=1S/C29H33P/c1-28(2,3)24-16-20-12-8-10-14-22(20)18-26(24)30(7)27-19-23-15-11-9-13-21(23)17-25(27)29(4,5)6/h8-19H,1-7H3. The molecule has 0 nitrogen and oxygen atoms in total. The van der Waals surface area contributed by atoms with Gasteiger partial charge in [0, 0.05) is 0 Å². The predicted octanol–water partition coefficient (Wildman–Crippen LogP) is 7.65. The van der Waals surface area contributed by atoms with Crippen LogP contribution in [0.3, 0.4) is 0 Å². The average molecular weight is 413 g/mol. The molecule has 30 heavy (non-hydrogen) atoms. The second-order valence-corrected chi connectivity index (χ2v) is 12.6. The fourth-order valence-electron chi connectivity index (χ4n) is 4.34. The van der Waals surface area contributed by atoms with Crippen LogP contribution in [0.15, 0.2) is 72.8 Å². The van der Waals surface area contributed by atoms with E-state index in [0.717, 1.165) is 0 Å². The van der Waals surface area contributed by atoms with Crippen LogP contribution in [0.25, 0.3) is 21.5 Å². The Balaban J connectivity index is 2.00. The lowest BCUT2D eigenvalue weighted by Crippen LogP contribution is -2.28. The smallest absolute Gasteiger partial charge is 0.0125 e. The highest BCUT2D eigenvalue weighted by atomic mass is 31.1. The largest absolute Gasteiger partial charge is 0.0616 e. The Hall–Kier alpha value is -2.17. The van der Waals surface area contributed by atoms with E-state index >= 15 is 0 Å². The number of benzene rings is 4. The van der Waals surface area contributed by atoms with Gasteiger partial charge in [-0.25, -0.2) is 0 Å². The van der Waals surface area contributed by atoms with Crippen molar-refractivity contribution < 1.29 is 0 Å². The first-order chi connectivity index (χ1) is 14.1. The molecule has 0 atom stereocenters. The molecular formula is C29H33P. The van der Waals surface area contributed by atoms with Gasteiger partial charge in [-0.1, -0.05) is 90.1 Å². The zero-order valence-corrected chi connectivity index (χ0v) is 20.3. The highest BCUT2D eigenvalue weighted by Gasteiger charge is 2.27. The Kier molecular flexibility index (Phi) is 5.27. The van der Waals surface area contributed by atoms with E-state index in [9.17, 15) is 0 Å². The SMILES string of the molecule is CP(c1cc2ccccc2cc1C(C)(C)C)c1cc2ccccc2cc1C(C)(C)C. The monoisotopic (exact) mass is 412 g/mol. The average Bonchev–Trinajstić information content (AvgIpc) is 2.70. The fraction of sp³-hybridized carbons (Fsp3) is 0.310. The van der Waals surface area contributed by atoms with Gasteiger partial charge in [-0.05, 0) is 93.0 Å². The van der Waals surface area contributed by atoms with Gasteiger partial charge in [0.2, 0.25) is 0 Å². The summed E-state index contributed by atoms with van der Waals surface area (Å²) in [6, 6.07) is 27.4. The van der Waals surface area contributed by atoms with Crippen molar-refractivity contribution in [3.8, 4) is 0 Å². The van der Waals surface area contributed by atoms with E-state index in [0.29, 0.717) is 0 Å². The van der Waals surface area contributed by atoms with E-state index in [1.807, 2.05) is 0 Å². The van der Waals surface area contributed by atoms with Gasteiger partial charge in [-0.3, -0.25) is 0 Å². The normalized spacial score (nSPS) is 12.8. The first-order valence-corrected chi connectivity index (χ1v) is 12.6. The molecule has 0 amide bonds. The van der Waals surface area contributed by atoms with E-state index < -0.39 is 7.92 Å². The van der Waals surface area contributed by atoms with Gasteiger partial charge >= 0.3 is 0 Å². The number of fused-ring (bicyclic) bond motifs is 2. The summed E-state index contributed by atoms with van der Waals surface area (Å²) in [7, 11) is -0.487. The molecule has 0 saturated heterocycles. The van der Waals surface area contributed by atoms with E-state index in [-0.39, 0.29) is 10.8 Å². The third-order valence-corrected chi connectivity index (χ3v) is 8.25. The summed E-state index contributed by atoms with van der Waals surface area (Å²) in [5.74, 6) is 0. The molecule has 4 rings (SSSR count). The van der Waals surface area contributed by atoms with E-state index in [1.165, 1.54) is 43.3 Å². The lowest BCUT2D eigenvalue weighted by Gasteiger charge is -2.31. The third-order valence-electron chi connectivity index (χ3n) is 6.07. The second kappa shape index (κ2) is 7.51. The van der Waals surface area contributed by atoms with Crippen LogP contribution in [-0.4, -0.2) is 6.66 Å². The summed E-state index contributed by atoms with van der Waals surface area (Å²) in [5.41, 5.74) is 3.16. The number of rotatable bonds is 2. The van der Waals surface area contributed by atoms with Crippen LogP contribution in [0.4, 0.5) is 0 Å². The number of hydrogen-bond donors (Lipinski definition) is 0. The summed E-state index contributed by atoms with van der Waals surface area (Å²) < 4.78 is 0. The van der Waals surface area contributed by atoms with Crippen LogP contribution >= 0.6 is 7.92 Å². The topological polar surface area (TPSA) is 0 Å². The van der Waals surface area contributed by atoms with Gasteiger partial charge < -0.3 is 0 Å². The Morgan fingerprint density at radius 1 is 0.500 bits per heavy atom. The summed E-state index contributed by atoms with van der Waals surface area (Å²) in [4.78, 5) is 0. The molecule has 4 aromatic rings.